The first-order valence-electron chi connectivity index (χ1n) is 8.31. The molecular formula is C20H16N2O6. The highest BCUT2D eigenvalue weighted by Gasteiger charge is 2.24. The number of pyridine rings is 1. The largest absolute Gasteiger partial charge is 0.493 e. The van der Waals surface area contributed by atoms with E-state index in [0.29, 0.717) is 39.6 Å². The van der Waals surface area contributed by atoms with Crippen molar-refractivity contribution in [3.63, 3.8) is 0 Å². The SMILES string of the molecule is COC(=O)c1cc(-c2ccc(OC)c(OC)c2)nc2onc(-c3ccco3)c12. The van der Waals surface area contributed by atoms with E-state index < -0.39 is 5.97 Å². The van der Waals surface area contributed by atoms with Crippen LogP contribution in [0.4, 0.5) is 0 Å². The number of benzene rings is 1. The molecule has 4 rings (SSSR count). The molecule has 142 valence electrons. The van der Waals surface area contributed by atoms with Gasteiger partial charge in [-0.15, -0.1) is 0 Å². The van der Waals surface area contributed by atoms with Crippen molar-refractivity contribution in [1.29, 1.82) is 0 Å². The molecule has 0 unspecified atom stereocenters. The van der Waals surface area contributed by atoms with E-state index in [1.807, 2.05) is 0 Å². The van der Waals surface area contributed by atoms with Crippen LogP contribution < -0.4 is 9.47 Å². The molecule has 0 saturated heterocycles. The Hall–Kier alpha value is -3.81. The molecule has 0 aliphatic rings. The van der Waals surface area contributed by atoms with E-state index in [2.05, 4.69) is 10.1 Å². The van der Waals surface area contributed by atoms with Crippen molar-refractivity contribution in [1.82, 2.24) is 10.1 Å². The summed E-state index contributed by atoms with van der Waals surface area (Å²) in [6.07, 6.45) is 1.51. The topological polar surface area (TPSA) is 96.8 Å². The van der Waals surface area contributed by atoms with E-state index in [0.717, 1.165) is 0 Å². The number of carbonyl (C=O) groups is 1. The molecule has 3 heterocycles. The lowest BCUT2D eigenvalue weighted by Crippen LogP contribution is -2.04. The zero-order valence-electron chi connectivity index (χ0n) is 15.4. The molecule has 0 spiro atoms. The average Bonchev–Trinajstić information content (AvgIpc) is 3.41. The zero-order chi connectivity index (χ0) is 19.7. The Morgan fingerprint density at radius 1 is 1.04 bits per heavy atom. The first-order chi connectivity index (χ1) is 13.7. The summed E-state index contributed by atoms with van der Waals surface area (Å²) in [5.74, 6) is 1.05. The van der Waals surface area contributed by atoms with Crippen molar-refractivity contribution in [2.24, 2.45) is 0 Å². The van der Waals surface area contributed by atoms with Gasteiger partial charge < -0.3 is 23.2 Å². The van der Waals surface area contributed by atoms with Gasteiger partial charge in [0.1, 0.15) is 0 Å². The number of fused-ring (bicyclic) bond motifs is 1. The van der Waals surface area contributed by atoms with Crippen LogP contribution in [-0.2, 0) is 4.74 Å². The van der Waals surface area contributed by atoms with Crippen LogP contribution in [0, 0.1) is 0 Å². The highest BCUT2D eigenvalue weighted by atomic mass is 16.5. The van der Waals surface area contributed by atoms with Crippen LogP contribution in [0.5, 0.6) is 11.5 Å². The summed E-state index contributed by atoms with van der Waals surface area (Å²) >= 11 is 0. The number of aromatic nitrogens is 2. The first kappa shape index (κ1) is 17.6. The molecule has 0 saturated carbocycles. The van der Waals surface area contributed by atoms with Gasteiger partial charge >= 0.3 is 5.97 Å². The van der Waals surface area contributed by atoms with E-state index >= 15 is 0 Å². The number of methoxy groups -OCH3 is 3. The molecule has 0 N–H and O–H groups in total. The second-order valence-electron chi connectivity index (χ2n) is 5.81. The normalized spacial score (nSPS) is 10.8. The van der Waals surface area contributed by atoms with E-state index in [9.17, 15) is 4.79 Å². The van der Waals surface area contributed by atoms with Crippen molar-refractivity contribution < 1.29 is 27.9 Å². The number of nitrogens with zero attached hydrogens (tertiary/aromatic N) is 2. The Morgan fingerprint density at radius 2 is 1.86 bits per heavy atom. The van der Waals surface area contributed by atoms with Crippen LogP contribution in [0.25, 0.3) is 33.8 Å². The summed E-state index contributed by atoms with van der Waals surface area (Å²) < 4.78 is 26.3. The minimum Gasteiger partial charge on any atom is -0.493 e. The fourth-order valence-corrected chi connectivity index (χ4v) is 2.95. The molecule has 4 aromatic rings. The summed E-state index contributed by atoms with van der Waals surface area (Å²) in [5.41, 5.74) is 2.05. The van der Waals surface area contributed by atoms with Crippen molar-refractivity contribution in [3.8, 4) is 34.2 Å². The van der Waals surface area contributed by atoms with Crippen molar-refractivity contribution in [2.45, 2.75) is 0 Å². The Kier molecular flexibility index (Phi) is 4.44. The number of esters is 1. The third-order valence-electron chi connectivity index (χ3n) is 4.29. The van der Waals surface area contributed by atoms with Crippen molar-refractivity contribution in [3.05, 3.63) is 48.2 Å². The smallest absolute Gasteiger partial charge is 0.338 e. The molecule has 0 aliphatic heterocycles. The van der Waals surface area contributed by atoms with Crippen LogP contribution in [0.3, 0.4) is 0 Å². The predicted molar refractivity (Wildman–Crippen MR) is 99.4 cm³/mol. The molecule has 1 aromatic carbocycles. The molecule has 0 amide bonds. The number of hydrogen-bond acceptors (Lipinski definition) is 8. The Bertz CT molecular complexity index is 1150. The number of carbonyl (C=O) groups excluding carboxylic acids is 1. The summed E-state index contributed by atoms with van der Waals surface area (Å²) in [7, 11) is 4.41. The molecule has 0 bridgehead atoms. The van der Waals surface area contributed by atoms with Gasteiger partial charge in [0.05, 0.1) is 44.2 Å². The molecule has 8 heteroatoms. The number of furan rings is 1. The monoisotopic (exact) mass is 380 g/mol. The minimum atomic E-state index is -0.537. The van der Waals surface area contributed by atoms with E-state index in [4.69, 9.17) is 23.2 Å². The van der Waals surface area contributed by atoms with Crippen LogP contribution >= 0.6 is 0 Å². The minimum absolute atomic E-state index is 0.194. The Labute approximate surface area is 159 Å². The quantitative estimate of drug-likeness (QED) is 0.480. The van der Waals surface area contributed by atoms with Crippen LogP contribution in [0.2, 0.25) is 0 Å². The first-order valence-corrected chi connectivity index (χ1v) is 8.31. The summed E-state index contributed by atoms with van der Waals surface area (Å²) in [6.45, 7) is 0. The standard InChI is InChI=1S/C20H16N2O6/c1-24-14-7-6-11(9-16(14)25-2)13-10-12(20(23)26-3)17-18(15-5-4-8-27-15)22-28-19(17)21-13/h4-10H,1-3H3. The molecular weight excluding hydrogens is 364 g/mol. The lowest BCUT2D eigenvalue weighted by atomic mass is 10.0. The van der Waals surface area contributed by atoms with Gasteiger partial charge in [0.25, 0.3) is 5.71 Å². The molecule has 0 aliphatic carbocycles. The maximum Gasteiger partial charge on any atom is 0.338 e. The third kappa shape index (κ3) is 2.84. The van der Waals surface area contributed by atoms with Gasteiger partial charge in [-0.05, 0) is 36.4 Å². The molecule has 28 heavy (non-hydrogen) atoms. The maximum atomic E-state index is 12.5. The summed E-state index contributed by atoms with van der Waals surface area (Å²) in [5, 5.41) is 4.45. The number of hydrogen-bond donors (Lipinski definition) is 0. The molecule has 0 atom stereocenters. The van der Waals surface area contributed by atoms with Crippen LogP contribution in [0.1, 0.15) is 10.4 Å². The number of ether oxygens (including phenoxy) is 3. The predicted octanol–water partition coefficient (Wildman–Crippen LogP) is 3.95. The van der Waals surface area contributed by atoms with Gasteiger partial charge in [-0.2, -0.15) is 0 Å². The average molecular weight is 380 g/mol. The van der Waals surface area contributed by atoms with Gasteiger partial charge in [0, 0.05) is 5.56 Å². The van der Waals surface area contributed by atoms with E-state index in [1.165, 1.54) is 13.4 Å². The molecule has 8 nitrogen and oxygen atoms in total. The molecule has 0 fully saturated rings. The number of rotatable bonds is 5. The van der Waals surface area contributed by atoms with Gasteiger partial charge in [0.2, 0.25) is 0 Å². The maximum absolute atomic E-state index is 12.5. The Balaban J connectivity index is 1.94. The lowest BCUT2D eigenvalue weighted by Gasteiger charge is -2.10. The summed E-state index contributed by atoms with van der Waals surface area (Å²) in [4.78, 5) is 17.0. The zero-order valence-corrected chi connectivity index (χ0v) is 15.4. The van der Waals surface area contributed by atoms with Crippen LogP contribution in [0.15, 0.2) is 51.6 Å². The lowest BCUT2D eigenvalue weighted by molar-refractivity contribution is 0.0603. The fourth-order valence-electron chi connectivity index (χ4n) is 2.95. The van der Waals surface area contributed by atoms with Gasteiger partial charge in [-0.1, -0.05) is 5.16 Å². The van der Waals surface area contributed by atoms with Crippen molar-refractivity contribution >= 4 is 17.1 Å². The van der Waals surface area contributed by atoms with E-state index in [-0.39, 0.29) is 11.3 Å². The Morgan fingerprint density at radius 3 is 2.54 bits per heavy atom. The fraction of sp³-hybridized carbons (Fsp3) is 0.150. The second-order valence-corrected chi connectivity index (χ2v) is 5.81. The highest BCUT2D eigenvalue weighted by molar-refractivity contribution is 6.07. The van der Waals surface area contributed by atoms with E-state index in [1.54, 1.807) is 50.6 Å². The molecule has 3 aromatic heterocycles. The van der Waals surface area contributed by atoms with Crippen LogP contribution in [-0.4, -0.2) is 37.4 Å². The van der Waals surface area contributed by atoms with Gasteiger partial charge in [-0.25, -0.2) is 9.78 Å². The highest BCUT2D eigenvalue weighted by Crippen LogP contribution is 2.36. The molecule has 0 radical (unpaired) electrons. The second kappa shape index (κ2) is 7.07. The van der Waals surface area contributed by atoms with Gasteiger partial charge in [-0.3, -0.25) is 0 Å². The summed E-state index contributed by atoms with van der Waals surface area (Å²) in [6, 6.07) is 10.4. The van der Waals surface area contributed by atoms with Gasteiger partial charge in [0.15, 0.2) is 23.0 Å². The third-order valence-corrected chi connectivity index (χ3v) is 4.29. The van der Waals surface area contributed by atoms with Crippen molar-refractivity contribution in [2.75, 3.05) is 21.3 Å².